The van der Waals surface area contributed by atoms with Crippen molar-refractivity contribution in [1.82, 2.24) is 20.0 Å². The molecule has 0 saturated carbocycles. The molecule has 2 aliphatic heterocycles. The average molecular weight is 409 g/mol. The van der Waals surface area contributed by atoms with Gasteiger partial charge in [0.25, 0.3) is 0 Å². The van der Waals surface area contributed by atoms with E-state index in [2.05, 4.69) is 46.5 Å². The molecule has 1 N–H and O–H groups in total. The molecule has 1 unspecified atom stereocenters. The zero-order valence-electron chi connectivity index (χ0n) is 18.0. The monoisotopic (exact) mass is 408 g/mol. The molecule has 1 saturated heterocycles. The number of benzene rings is 1. The second-order valence-electron chi connectivity index (χ2n) is 8.16. The van der Waals surface area contributed by atoms with E-state index in [1.165, 1.54) is 16.8 Å². The van der Waals surface area contributed by atoms with Crippen LogP contribution in [-0.4, -0.2) is 59.3 Å². The van der Waals surface area contributed by atoms with Crippen LogP contribution < -0.4 is 10.2 Å². The van der Waals surface area contributed by atoms with Gasteiger partial charge in [-0.25, -0.2) is 0 Å². The highest BCUT2D eigenvalue weighted by molar-refractivity contribution is 5.98. The van der Waals surface area contributed by atoms with Gasteiger partial charge in [-0.1, -0.05) is 18.2 Å². The van der Waals surface area contributed by atoms with E-state index in [9.17, 15) is 4.79 Å². The summed E-state index contributed by atoms with van der Waals surface area (Å²) in [5.41, 5.74) is 3.75. The van der Waals surface area contributed by atoms with Crippen molar-refractivity contribution in [2.24, 2.45) is 4.99 Å². The van der Waals surface area contributed by atoms with Gasteiger partial charge < -0.3 is 15.1 Å². The molecular weight excluding hydrogens is 376 g/mol. The van der Waals surface area contributed by atoms with Gasteiger partial charge in [0.1, 0.15) is 0 Å². The number of fused-ring (bicyclic) bond motifs is 1. The zero-order chi connectivity index (χ0) is 20.9. The van der Waals surface area contributed by atoms with E-state index < -0.39 is 0 Å². The molecule has 2 aliphatic rings. The van der Waals surface area contributed by atoms with Crippen LogP contribution in [0.1, 0.15) is 43.2 Å². The molecular formula is C23H32N6O. The number of aryl methyl sites for hydroxylation is 1. The van der Waals surface area contributed by atoms with Crippen LogP contribution in [0.4, 0.5) is 5.69 Å². The summed E-state index contributed by atoms with van der Waals surface area (Å²) in [6.07, 6.45) is 6.62. The third kappa shape index (κ3) is 4.50. The highest BCUT2D eigenvalue weighted by atomic mass is 16.2. The lowest BCUT2D eigenvalue weighted by molar-refractivity contribution is -0.127. The smallest absolute Gasteiger partial charge is 0.222 e. The number of hydrogen-bond acceptors (Lipinski definition) is 3. The summed E-state index contributed by atoms with van der Waals surface area (Å²) in [5.74, 6) is 1.64. The second-order valence-corrected chi connectivity index (χ2v) is 8.16. The number of guanidine groups is 1. The molecule has 1 fully saturated rings. The van der Waals surface area contributed by atoms with Crippen molar-refractivity contribution in [3.05, 3.63) is 47.8 Å². The first-order valence-corrected chi connectivity index (χ1v) is 11.1. The Morgan fingerprint density at radius 1 is 1.30 bits per heavy atom. The SMILES string of the molecule is CCNC(=NCCn1cc(C)cn1)N1CC(CCN2CCCC2=O)c2ccccc21. The molecule has 30 heavy (non-hydrogen) atoms. The van der Waals surface area contributed by atoms with E-state index in [1.54, 1.807) is 0 Å². The highest BCUT2D eigenvalue weighted by Crippen LogP contribution is 2.38. The average Bonchev–Trinajstić information content (AvgIpc) is 3.45. The van der Waals surface area contributed by atoms with Crippen molar-refractivity contribution in [2.75, 3.05) is 37.6 Å². The van der Waals surface area contributed by atoms with Gasteiger partial charge >= 0.3 is 0 Å². The lowest BCUT2D eigenvalue weighted by Crippen LogP contribution is -2.41. The van der Waals surface area contributed by atoms with E-state index in [-0.39, 0.29) is 0 Å². The lowest BCUT2D eigenvalue weighted by Gasteiger charge is -2.23. The van der Waals surface area contributed by atoms with Crippen molar-refractivity contribution in [3.8, 4) is 0 Å². The van der Waals surface area contributed by atoms with E-state index in [0.29, 0.717) is 24.8 Å². The zero-order valence-corrected chi connectivity index (χ0v) is 18.0. The van der Waals surface area contributed by atoms with Crippen LogP contribution in [0.5, 0.6) is 0 Å². The summed E-state index contributed by atoms with van der Waals surface area (Å²) < 4.78 is 1.94. The molecule has 2 aromatic rings. The van der Waals surface area contributed by atoms with Gasteiger partial charge in [0, 0.05) is 50.4 Å². The van der Waals surface area contributed by atoms with Crippen LogP contribution in [-0.2, 0) is 11.3 Å². The highest BCUT2D eigenvalue weighted by Gasteiger charge is 2.32. The van der Waals surface area contributed by atoms with Gasteiger partial charge in [0.2, 0.25) is 5.91 Å². The summed E-state index contributed by atoms with van der Waals surface area (Å²) in [6, 6.07) is 8.61. The maximum absolute atomic E-state index is 12.0. The van der Waals surface area contributed by atoms with Crippen LogP contribution in [0.15, 0.2) is 41.7 Å². The molecule has 0 aliphatic carbocycles. The van der Waals surface area contributed by atoms with Crippen LogP contribution in [0.3, 0.4) is 0 Å². The molecule has 0 radical (unpaired) electrons. The minimum Gasteiger partial charge on any atom is -0.356 e. The maximum atomic E-state index is 12.0. The third-order valence-corrected chi connectivity index (χ3v) is 5.93. The Hall–Kier alpha value is -2.83. The quantitative estimate of drug-likeness (QED) is 0.565. The van der Waals surface area contributed by atoms with Gasteiger partial charge in [-0.05, 0) is 43.9 Å². The molecule has 1 atom stereocenters. The Morgan fingerprint density at radius 2 is 2.17 bits per heavy atom. The van der Waals surface area contributed by atoms with Gasteiger partial charge in [-0.15, -0.1) is 0 Å². The summed E-state index contributed by atoms with van der Waals surface area (Å²) in [5, 5.41) is 7.82. The number of aromatic nitrogens is 2. The number of para-hydroxylation sites is 1. The number of likely N-dealkylation sites (tertiary alicyclic amines) is 1. The number of rotatable bonds is 7. The van der Waals surface area contributed by atoms with E-state index in [4.69, 9.17) is 4.99 Å². The Balaban J connectivity index is 1.46. The molecule has 7 heteroatoms. The molecule has 0 bridgehead atoms. The van der Waals surface area contributed by atoms with Gasteiger partial charge in [0.05, 0.1) is 19.3 Å². The number of amides is 1. The number of hydrogen-bond donors (Lipinski definition) is 1. The first-order valence-electron chi connectivity index (χ1n) is 11.1. The molecule has 1 aromatic heterocycles. The van der Waals surface area contributed by atoms with Crippen molar-refractivity contribution >= 4 is 17.6 Å². The fourth-order valence-corrected chi connectivity index (χ4v) is 4.44. The van der Waals surface area contributed by atoms with E-state index in [1.807, 2.05) is 28.9 Å². The van der Waals surface area contributed by atoms with E-state index in [0.717, 1.165) is 51.5 Å². The van der Waals surface area contributed by atoms with Gasteiger partial charge in [-0.3, -0.25) is 14.5 Å². The molecule has 7 nitrogen and oxygen atoms in total. The fraction of sp³-hybridized carbons (Fsp3) is 0.522. The van der Waals surface area contributed by atoms with Gasteiger partial charge in [-0.2, -0.15) is 5.10 Å². The maximum Gasteiger partial charge on any atom is 0.222 e. The number of aliphatic imine (C=N–C) groups is 1. The summed E-state index contributed by atoms with van der Waals surface area (Å²) in [7, 11) is 0. The Bertz CT molecular complexity index is 905. The molecule has 3 heterocycles. The van der Waals surface area contributed by atoms with Crippen LogP contribution in [0.2, 0.25) is 0 Å². The summed E-state index contributed by atoms with van der Waals surface area (Å²) in [4.78, 5) is 21.2. The summed E-state index contributed by atoms with van der Waals surface area (Å²) >= 11 is 0. The van der Waals surface area contributed by atoms with Crippen LogP contribution >= 0.6 is 0 Å². The van der Waals surface area contributed by atoms with E-state index >= 15 is 0 Å². The molecule has 0 spiro atoms. The summed E-state index contributed by atoms with van der Waals surface area (Å²) in [6.45, 7) is 9.07. The number of anilines is 1. The first-order chi connectivity index (χ1) is 14.7. The van der Waals surface area contributed by atoms with Gasteiger partial charge in [0.15, 0.2) is 5.96 Å². The van der Waals surface area contributed by atoms with Crippen molar-refractivity contribution in [2.45, 2.75) is 45.6 Å². The normalized spacial score (nSPS) is 18.9. The molecule has 160 valence electrons. The number of carbonyl (C=O) groups is 1. The molecule has 1 amide bonds. The minimum atomic E-state index is 0.307. The van der Waals surface area contributed by atoms with Crippen LogP contribution in [0, 0.1) is 6.92 Å². The largest absolute Gasteiger partial charge is 0.356 e. The predicted octanol–water partition coefficient (Wildman–Crippen LogP) is 2.77. The number of nitrogens with one attached hydrogen (secondary N) is 1. The minimum absolute atomic E-state index is 0.307. The van der Waals surface area contributed by atoms with Crippen molar-refractivity contribution < 1.29 is 4.79 Å². The fourth-order valence-electron chi connectivity index (χ4n) is 4.44. The second kappa shape index (κ2) is 9.32. The number of nitrogens with zero attached hydrogens (tertiary/aromatic N) is 5. The third-order valence-electron chi connectivity index (χ3n) is 5.93. The Labute approximate surface area is 178 Å². The standard InChI is InChI=1S/C23H32N6O/c1-3-24-23(25-11-14-28-16-18(2)15-26-28)29-17-19(20-7-4-5-8-21(20)29)10-13-27-12-6-9-22(27)30/h4-5,7-8,15-16,19H,3,6,9-14,17H2,1-2H3,(H,24,25). The topological polar surface area (TPSA) is 65.8 Å². The van der Waals surface area contributed by atoms with Crippen LogP contribution in [0.25, 0.3) is 0 Å². The predicted molar refractivity (Wildman–Crippen MR) is 120 cm³/mol. The number of carbonyl (C=O) groups excluding carboxylic acids is 1. The lowest BCUT2D eigenvalue weighted by atomic mass is 9.98. The first kappa shape index (κ1) is 20.4. The van der Waals surface area contributed by atoms with Crippen molar-refractivity contribution in [1.29, 1.82) is 0 Å². The Morgan fingerprint density at radius 3 is 2.90 bits per heavy atom. The molecule has 1 aromatic carbocycles. The van der Waals surface area contributed by atoms with Crippen molar-refractivity contribution in [3.63, 3.8) is 0 Å². The Kier molecular flexibility index (Phi) is 6.35. The molecule has 4 rings (SSSR count).